The van der Waals surface area contributed by atoms with Crippen molar-refractivity contribution in [1.29, 1.82) is 0 Å². The largest absolute Gasteiger partial charge is 0.396 e. The smallest absolute Gasteiger partial charge is 0.163 e. The number of fused-ring (bicyclic) bond motifs is 1. The summed E-state index contributed by atoms with van der Waals surface area (Å²) in [4.78, 5) is 11.1. The van der Waals surface area contributed by atoms with Crippen molar-refractivity contribution < 1.29 is 10.2 Å². The van der Waals surface area contributed by atoms with Gasteiger partial charge in [-0.25, -0.2) is 14.6 Å². The zero-order valence-electron chi connectivity index (χ0n) is 15.4. The number of aliphatic hydroxyl groups excluding tert-OH is 2. The number of anilines is 1. The van der Waals surface area contributed by atoms with Crippen LogP contribution in [0.1, 0.15) is 39.3 Å². The summed E-state index contributed by atoms with van der Waals surface area (Å²) >= 11 is 0. The molecule has 0 unspecified atom stereocenters. The van der Waals surface area contributed by atoms with Crippen molar-refractivity contribution in [3.8, 4) is 0 Å². The second-order valence-electron chi connectivity index (χ2n) is 7.43. The molecular weight excluding hydrogens is 318 g/mol. The molecule has 0 radical (unpaired) electrons. The number of aliphatic hydroxyl groups is 2. The van der Waals surface area contributed by atoms with Crippen molar-refractivity contribution in [3.63, 3.8) is 0 Å². The summed E-state index contributed by atoms with van der Waals surface area (Å²) in [6.07, 6.45) is 4.09. The fourth-order valence-corrected chi connectivity index (χ4v) is 3.50. The minimum atomic E-state index is -0.529. The van der Waals surface area contributed by atoms with E-state index in [0.29, 0.717) is 19.0 Å². The third kappa shape index (κ3) is 3.62. The molecule has 2 aromatic rings. The van der Waals surface area contributed by atoms with Gasteiger partial charge in [0, 0.05) is 25.6 Å². The van der Waals surface area contributed by atoms with E-state index in [1.54, 1.807) is 6.33 Å². The number of nitrogens with zero attached hydrogens (tertiary/aromatic N) is 5. The van der Waals surface area contributed by atoms with Crippen LogP contribution in [0.4, 0.5) is 5.82 Å². The van der Waals surface area contributed by atoms with Crippen LogP contribution in [-0.4, -0.2) is 55.8 Å². The molecule has 0 saturated carbocycles. The maximum absolute atomic E-state index is 10.2. The van der Waals surface area contributed by atoms with Gasteiger partial charge in [-0.15, -0.1) is 0 Å². The van der Waals surface area contributed by atoms with Crippen LogP contribution in [0.2, 0.25) is 0 Å². The third-order valence-electron chi connectivity index (χ3n) is 4.85. The van der Waals surface area contributed by atoms with E-state index in [1.807, 2.05) is 4.68 Å². The van der Waals surface area contributed by atoms with Crippen LogP contribution >= 0.6 is 0 Å². The maximum Gasteiger partial charge on any atom is 0.163 e. The van der Waals surface area contributed by atoms with Crippen molar-refractivity contribution in [1.82, 2.24) is 19.7 Å². The Hall–Kier alpha value is -1.73. The molecule has 2 atom stereocenters. The summed E-state index contributed by atoms with van der Waals surface area (Å²) in [6.45, 7) is 8.46. The predicted octanol–water partition coefficient (Wildman–Crippen LogP) is 1.61. The Kier molecular flexibility index (Phi) is 5.54. The molecule has 1 aliphatic heterocycles. The molecule has 0 spiro atoms. The van der Waals surface area contributed by atoms with E-state index < -0.39 is 6.10 Å². The van der Waals surface area contributed by atoms with Crippen LogP contribution in [0, 0.1) is 11.8 Å². The minimum Gasteiger partial charge on any atom is -0.396 e. The molecule has 7 nitrogen and oxygen atoms in total. The first-order chi connectivity index (χ1) is 12.0. The van der Waals surface area contributed by atoms with E-state index in [-0.39, 0.29) is 12.5 Å². The molecule has 0 aromatic carbocycles. The third-order valence-corrected chi connectivity index (χ3v) is 4.85. The molecule has 1 fully saturated rings. The highest BCUT2D eigenvalue weighted by molar-refractivity contribution is 5.90. The van der Waals surface area contributed by atoms with E-state index in [2.05, 4.69) is 35.6 Å². The average molecular weight is 347 g/mol. The molecule has 25 heavy (non-hydrogen) atoms. The van der Waals surface area contributed by atoms with Crippen LogP contribution in [0.5, 0.6) is 0 Å². The van der Waals surface area contributed by atoms with Gasteiger partial charge in [-0.3, -0.25) is 0 Å². The number of aromatic nitrogens is 4. The maximum atomic E-state index is 10.2. The molecule has 1 aliphatic rings. The normalized spacial score (nSPS) is 21.0. The van der Waals surface area contributed by atoms with Crippen molar-refractivity contribution >= 4 is 16.9 Å². The summed E-state index contributed by atoms with van der Waals surface area (Å²) in [5.41, 5.74) is 1.90. The van der Waals surface area contributed by atoms with Crippen LogP contribution < -0.4 is 4.90 Å². The summed E-state index contributed by atoms with van der Waals surface area (Å²) < 4.78 is 2.00. The molecule has 0 amide bonds. The Labute approximate surface area is 148 Å². The first-order valence-electron chi connectivity index (χ1n) is 9.29. The average Bonchev–Trinajstić information content (AvgIpc) is 3.13. The Bertz CT molecular complexity index is 715. The lowest BCUT2D eigenvalue weighted by Crippen LogP contribution is -2.22. The van der Waals surface area contributed by atoms with Crippen molar-refractivity contribution in [2.24, 2.45) is 11.8 Å². The van der Waals surface area contributed by atoms with E-state index in [1.165, 1.54) is 0 Å². The Morgan fingerprint density at radius 2 is 2.08 bits per heavy atom. The molecule has 0 bridgehead atoms. The van der Waals surface area contributed by atoms with Crippen LogP contribution in [-0.2, 0) is 13.0 Å². The molecule has 2 N–H and O–H groups in total. The quantitative estimate of drug-likeness (QED) is 0.791. The number of β-amino-alcohol motifs (C(OH)–C–C–N with tert-alkyl or cyclic N) is 1. The second kappa shape index (κ2) is 7.66. The zero-order valence-corrected chi connectivity index (χ0v) is 15.4. The fourth-order valence-electron chi connectivity index (χ4n) is 3.50. The predicted molar refractivity (Wildman–Crippen MR) is 97.6 cm³/mol. The van der Waals surface area contributed by atoms with Gasteiger partial charge in [0.15, 0.2) is 5.65 Å². The van der Waals surface area contributed by atoms with Gasteiger partial charge in [-0.2, -0.15) is 5.10 Å². The summed E-state index contributed by atoms with van der Waals surface area (Å²) in [5, 5.41) is 25.4. The number of hydrogen-bond donors (Lipinski definition) is 2. The SMILES string of the molecule is CCCCn1nc(CC(C)C)c2c(N3C[C@H](CO)[C@@H](O)C3)ncnc21. The topological polar surface area (TPSA) is 87.3 Å². The highest BCUT2D eigenvalue weighted by Crippen LogP contribution is 2.31. The molecular formula is C18H29N5O2. The molecule has 3 heterocycles. The molecule has 0 aliphatic carbocycles. The lowest BCUT2D eigenvalue weighted by Gasteiger charge is -2.18. The summed E-state index contributed by atoms with van der Waals surface area (Å²) in [7, 11) is 0. The van der Waals surface area contributed by atoms with Crippen LogP contribution in [0.15, 0.2) is 6.33 Å². The van der Waals surface area contributed by atoms with Crippen molar-refractivity contribution in [3.05, 3.63) is 12.0 Å². The Balaban J connectivity index is 2.05. The van der Waals surface area contributed by atoms with Gasteiger partial charge in [0.05, 0.1) is 23.8 Å². The summed E-state index contributed by atoms with van der Waals surface area (Å²) in [6, 6.07) is 0. The van der Waals surface area contributed by atoms with Gasteiger partial charge in [0.1, 0.15) is 12.1 Å². The number of rotatable bonds is 7. The Morgan fingerprint density at radius 1 is 1.28 bits per heavy atom. The van der Waals surface area contributed by atoms with Gasteiger partial charge in [-0.05, 0) is 18.8 Å². The molecule has 1 saturated heterocycles. The molecule has 138 valence electrons. The van der Waals surface area contributed by atoms with E-state index >= 15 is 0 Å². The molecule has 2 aromatic heterocycles. The van der Waals surface area contributed by atoms with Gasteiger partial charge in [-0.1, -0.05) is 27.2 Å². The fraction of sp³-hybridized carbons (Fsp3) is 0.722. The van der Waals surface area contributed by atoms with Crippen molar-refractivity contribution in [2.45, 2.75) is 52.7 Å². The Morgan fingerprint density at radius 3 is 2.72 bits per heavy atom. The minimum absolute atomic E-state index is 0.0134. The number of hydrogen-bond acceptors (Lipinski definition) is 6. The number of unbranched alkanes of at least 4 members (excludes halogenated alkanes) is 1. The first-order valence-corrected chi connectivity index (χ1v) is 9.29. The molecule has 3 rings (SSSR count). The van der Waals surface area contributed by atoms with Gasteiger partial charge in [0.2, 0.25) is 0 Å². The van der Waals surface area contributed by atoms with E-state index in [4.69, 9.17) is 5.10 Å². The van der Waals surface area contributed by atoms with Crippen molar-refractivity contribution in [2.75, 3.05) is 24.6 Å². The number of aryl methyl sites for hydroxylation is 1. The highest BCUT2D eigenvalue weighted by atomic mass is 16.3. The van der Waals surface area contributed by atoms with Gasteiger partial charge in [0.25, 0.3) is 0 Å². The van der Waals surface area contributed by atoms with Crippen LogP contribution in [0.25, 0.3) is 11.0 Å². The standard InChI is InChI=1S/C18H29N5O2/c1-4-5-6-23-18-16(14(21-23)7-12(2)3)17(19-11-20-18)22-8-13(10-24)15(25)9-22/h11-13,15,24-25H,4-10H2,1-3H3/t13-,15+/m1/s1. The van der Waals surface area contributed by atoms with Gasteiger partial charge < -0.3 is 15.1 Å². The van der Waals surface area contributed by atoms with E-state index in [0.717, 1.165) is 48.4 Å². The molecule has 7 heteroatoms. The van der Waals surface area contributed by atoms with Gasteiger partial charge >= 0.3 is 0 Å². The van der Waals surface area contributed by atoms with Crippen LogP contribution in [0.3, 0.4) is 0 Å². The van der Waals surface area contributed by atoms with E-state index in [9.17, 15) is 10.2 Å². The lowest BCUT2D eigenvalue weighted by molar-refractivity contribution is 0.104. The second-order valence-corrected chi connectivity index (χ2v) is 7.43. The summed E-state index contributed by atoms with van der Waals surface area (Å²) in [5.74, 6) is 1.19. The lowest BCUT2D eigenvalue weighted by atomic mass is 10.1. The highest BCUT2D eigenvalue weighted by Gasteiger charge is 2.33. The first kappa shape index (κ1) is 18.1. The monoisotopic (exact) mass is 347 g/mol. The zero-order chi connectivity index (χ0) is 18.0.